The molecule has 0 atom stereocenters. The van der Waals surface area contributed by atoms with Gasteiger partial charge in [0, 0.05) is 11.8 Å². The molecule has 0 aliphatic heterocycles. The van der Waals surface area contributed by atoms with Crippen LogP contribution in [0.3, 0.4) is 0 Å². The second-order valence-electron chi connectivity index (χ2n) is 3.22. The largest absolute Gasteiger partial charge is 0.492 e. The van der Waals surface area contributed by atoms with Gasteiger partial charge in [0.15, 0.2) is 11.5 Å². The van der Waals surface area contributed by atoms with Crippen LogP contribution in [0.4, 0.5) is 0 Å². The Labute approximate surface area is 86.6 Å². The highest BCUT2D eigenvalue weighted by Crippen LogP contribution is 2.24. The van der Waals surface area contributed by atoms with Crippen molar-refractivity contribution in [3.63, 3.8) is 0 Å². The average molecular weight is 203 g/mol. The molecular weight excluding hydrogens is 194 g/mol. The maximum Gasteiger partial charge on any atom is 0.246 e. The average Bonchev–Trinajstić information content (AvgIpc) is 2.27. The molecule has 1 aliphatic rings. The highest BCUT2D eigenvalue weighted by Gasteiger charge is 2.31. The summed E-state index contributed by atoms with van der Waals surface area (Å²) in [6, 6.07) is 3.23. The Morgan fingerprint density at radius 1 is 1.27 bits per heavy atom. The molecule has 4 heteroatoms. The summed E-state index contributed by atoms with van der Waals surface area (Å²) in [5.74, 6) is -0.439. The van der Waals surface area contributed by atoms with Crippen molar-refractivity contribution >= 4 is 11.6 Å². The summed E-state index contributed by atoms with van der Waals surface area (Å²) in [6.07, 6.45) is 1.48. The molecule has 0 unspecified atom stereocenters. The van der Waals surface area contributed by atoms with Crippen LogP contribution in [0.5, 0.6) is 0 Å². The van der Waals surface area contributed by atoms with E-state index >= 15 is 0 Å². The molecule has 0 aromatic carbocycles. The van der Waals surface area contributed by atoms with Gasteiger partial charge in [-0.1, -0.05) is 0 Å². The van der Waals surface area contributed by atoms with Gasteiger partial charge in [0.2, 0.25) is 5.78 Å². The van der Waals surface area contributed by atoms with Gasteiger partial charge in [-0.3, -0.25) is 14.6 Å². The van der Waals surface area contributed by atoms with E-state index in [2.05, 4.69) is 4.98 Å². The fourth-order valence-electron chi connectivity index (χ4n) is 1.60. The number of pyridine rings is 1. The summed E-state index contributed by atoms with van der Waals surface area (Å²) in [6.45, 7) is 1.58. The second kappa shape index (κ2) is 3.31. The molecule has 1 aromatic heterocycles. The number of ketones is 2. The number of carbonyl (C=O) groups excluding carboxylic acids is 2. The molecule has 0 saturated heterocycles. The maximum atomic E-state index is 11.8. The van der Waals surface area contributed by atoms with Crippen molar-refractivity contribution < 1.29 is 14.3 Å². The van der Waals surface area contributed by atoms with Gasteiger partial charge in [-0.15, -0.1) is 0 Å². The molecule has 0 amide bonds. The first kappa shape index (κ1) is 9.58. The lowest BCUT2D eigenvalue weighted by molar-refractivity contribution is 0.0901. The van der Waals surface area contributed by atoms with Gasteiger partial charge in [-0.25, -0.2) is 0 Å². The Morgan fingerprint density at radius 3 is 2.67 bits per heavy atom. The fourth-order valence-corrected chi connectivity index (χ4v) is 1.60. The number of ether oxygens (including phenoxy) is 1. The van der Waals surface area contributed by atoms with Gasteiger partial charge in [0.05, 0.1) is 12.7 Å². The number of fused-ring (bicyclic) bond motifs is 1. The Bertz CT molecular complexity index is 488. The second-order valence-corrected chi connectivity index (χ2v) is 3.22. The number of aromatic nitrogens is 1. The number of methoxy groups -OCH3 is 1. The SMILES string of the molecule is COC1=C(C)C(=O)c2cccnc2C1=O. The Kier molecular flexibility index (Phi) is 2.11. The zero-order valence-electron chi connectivity index (χ0n) is 8.40. The molecule has 1 aromatic rings. The smallest absolute Gasteiger partial charge is 0.246 e. The number of nitrogens with zero attached hydrogens (tertiary/aromatic N) is 1. The number of Topliss-reactive ketones (excluding diaryl/α,β-unsaturated/α-hetero) is 2. The van der Waals surface area contributed by atoms with Gasteiger partial charge in [-0.2, -0.15) is 0 Å². The van der Waals surface area contributed by atoms with Crippen molar-refractivity contribution in [3.05, 3.63) is 40.9 Å². The normalized spacial score (nSPS) is 15.3. The van der Waals surface area contributed by atoms with Crippen molar-refractivity contribution in [2.24, 2.45) is 0 Å². The zero-order chi connectivity index (χ0) is 11.0. The standard InChI is InChI=1S/C11H9NO3/c1-6-9(13)7-4-3-5-12-8(7)10(14)11(6)15-2/h3-5H,1-2H3. The van der Waals surface area contributed by atoms with E-state index in [-0.39, 0.29) is 23.0 Å². The highest BCUT2D eigenvalue weighted by molar-refractivity contribution is 6.25. The molecule has 1 aliphatic carbocycles. The quantitative estimate of drug-likeness (QED) is 0.691. The zero-order valence-corrected chi connectivity index (χ0v) is 8.40. The van der Waals surface area contributed by atoms with E-state index < -0.39 is 0 Å². The third kappa shape index (κ3) is 1.26. The predicted molar refractivity (Wildman–Crippen MR) is 52.6 cm³/mol. The van der Waals surface area contributed by atoms with Crippen LogP contribution in [-0.4, -0.2) is 23.7 Å². The van der Waals surface area contributed by atoms with Gasteiger partial charge in [0.25, 0.3) is 0 Å². The van der Waals surface area contributed by atoms with Gasteiger partial charge >= 0.3 is 0 Å². The van der Waals surface area contributed by atoms with E-state index in [0.717, 1.165) is 0 Å². The number of hydrogen-bond acceptors (Lipinski definition) is 4. The number of rotatable bonds is 1. The van der Waals surface area contributed by atoms with Gasteiger partial charge < -0.3 is 4.74 Å². The van der Waals surface area contributed by atoms with E-state index in [0.29, 0.717) is 11.1 Å². The molecule has 15 heavy (non-hydrogen) atoms. The van der Waals surface area contributed by atoms with E-state index in [4.69, 9.17) is 4.74 Å². The van der Waals surface area contributed by atoms with Crippen molar-refractivity contribution in [2.45, 2.75) is 6.92 Å². The Balaban J connectivity index is 2.68. The van der Waals surface area contributed by atoms with Gasteiger partial charge in [0.1, 0.15) is 5.69 Å². The molecule has 76 valence electrons. The van der Waals surface area contributed by atoms with Crippen LogP contribution in [0.15, 0.2) is 29.7 Å². The first-order valence-corrected chi connectivity index (χ1v) is 4.46. The lowest BCUT2D eigenvalue weighted by Crippen LogP contribution is -2.22. The summed E-state index contributed by atoms with van der Waals surface area (Å²) < 4.78 is 4.91. The van der Waals surface area contributed by atoms with Crippen molar-refractivity contribution in [1.29, 1.82) is 0 Å². The number of carbonyl (C=O) groups is 2. The van der Waals surface area contributed by atoms with E-state index in [1.54, 1.807) is 19.1 Å². The van der Waals surface area contributed by atoms with Crippen LogP contribution < -0.4 is 0 Å². The van der Waals surface area contributed by atoms with Crippen LogP contribution in [0.2, 0.25) is 0 Å². The first-order chi connectivity index (χ1) is 7.16. The summed E-state index contributed by atoms with van der Waals surface area (Å²) in [4.78, 5) is 27.5. The summed E-state index contributed by atoms with van der Waals surface area (Å²) in [5, 5.41) is 0. The minimum atomic E-state index is -0.329. The third-order valence-corrected chi connectivity index (χ3v) is 2.36. The fraction of sp³-hybridized carbons (Fsp3) is 0.182. The molecule has 1 heterocycles. The highest BCUT2D eigenvalue weighted by atomic mass is 16.5. The summed E-state index contributed by atoms with van der Waals surface area (Å²) in [5.41, 5.74) is 0.855. The minimum Gasteiger partial charge on any atom is -0.492 e. The summed E-state index contributed by atoms with van der Waals surface area (Å²) in [7, 11) is 1.37. The first-order valence-electron chi connectivity index (χ1n) is 4.46. The minimum absolute atomic E-state index is 0.0891. The van der Waals surface area contributed by atoms with Crippen LogP contribution in [-0.2, 0) is 4.74 Å². The monoisotopic (exact) mass is 203 g/mol. The van der Waals surface area contributed by atoms with Crippen molar-refractivity contribution in [2.75, 3.05) is 7.11 Å². The third-order valence-electron chi connectivity index (χ3n) is 2.36. The van der Waals surface area contributed by atoms with Crippen LogP contribution in [0, 0.1) is 0 Å². The van der Waals surface area contributed by atoms with E-state index in [9.17, 15) is 9.59 Å². The van der Waals surface area contributed by atoms with Crippen LogP contribution in [0.1, 0.15) is 27.8 Å². The molecule has 0 spiro atoms. The molecule has 0 fully saturated rings. The lowest BCUT2D eigenvalue weighted by atomic mass is 9.93. The summed E-state index contributed by atoms with van der Waals surface area (Å²) >= 11 is 0. The molecule has 0 bridgehead atoms. The van der Waals surface area contributed by atoms with Crippen molar-refractivity contribution in [1.82, 2.24) is 4.98 Å². The number of allylic oxidation sites excluding steroid dienone is 2. The van der Waals surface area contributed by atoms with Crippen LogP contribution in [0.25, 0.3) is 0 Å². The van der Waals surface area contributed by atoms with E-state index in [1.165, 1.54) is 13.3 Å². The molecule has 2 rings (SSSR count). The topological polar surface area (TPSA) is 56.3 Å². The van der Waals surface area contributed by atoms with Crippen molar-refractivity contribution in [3.8, 4) is 0 Å². The van der Waals surface area contributed by atoms with Crippen LogP contribution >= 0.6 is 0 Å². The van der Waals surface area contributed by atoms with Gasteiger partial charge in [-0.05, 0) is 19.1 Å². The number of hydrogen-bond donors (Lipinski definition) is 0. The molecule has 4 nitrogen and oxygen atoms in total. The van der Waals surface area contributed by atoms with E-state index in [1.807, 2.05) is 0 Å². The molecule has 0 N–H and O–H groups in total. The molecular formula is C11H9NO3. The Hall–Kier alpha value is -1.97. The maximum absolute atomic E-state index is 11.8. The predicted octanol–water partition coefficient (Wildman–Crippen LogP) is 1.38. The lowest BCUT2D eigenvalue weighted by Gasteiger charge is -2.16. The molecule has 0 radical (unpaired) electrons. The molecule has 0 saturated carbocycles. The Morgan fingerprint density at radius 2 is 2.00 bits per heavy atom.